The first-order chi connectivity index (χ1) is 22.1. The van der Waals surface area contributed by atoms with E-state index in [0.29, 0.717) is 5.92 Å². The molecule has 2 aliphatic heterocycles. The molecule has 0 aromatic heterocycles. The first-order valence-corrected chi connectivity index (χ1v) is 16.0. The number of amides is 3. The zero-order chi connectivity index (χ0) is 32.6. The molecular weight excluding hydrogens is 578 g/mol. The second-order valence-electron chi connectivity index (χ2n) is 13.0. The number of allylic oxidation sites excluding steroid dienone is 1. The van der Waals surface area contributed by atoms with Gasteiger partial charge in [0.15, 0.2) is 0 Å². The molecule has 0 N–H and O–H groups in total. The Kier molecular flexibility index (Phi) is 8.55. The molecule has 0 spiro atoms. The lowest BCUT2D eigenvalue weighted by Crippen LogP contribution is -2.44. The number of ether oxygens (including phenoxy) is 2. The van der Waals surface area contributed by atoms with Crippen molar-refractivity contribution >= 4 is 29.5 Å². The Morgan fingerprint density at radius 1 is 0.957 bits per heavy atom. The van der Waals surface area contributed by atoms with Crippen LogP contribution in [0.3, 0.4) is 0 Å². The Bertz CT molecular complexity index is 1690. The van der Waals surface area contributed by atoms with E-state index in [9.17, 15) is 14.4 Å². The van der Waals surface area contributed by atoms with Crippen molar-refractivity contribution in [3.8, 4) is 11.5 Å². The summed E-state index contributed by atoms with van der Waals surface area (Å²) in [5, 5.41) is 6.48. The third-order valence-corrected chi connectivity index (χ3v) is 9.70. The van der Waals surface area contributed by atoms with Crippen LogP contribution in [-0.2, 0) is 19.8 Å². The number of imide groups is 1. The minimum absolute atomic E-state index is 0.0218. The maximum Gasteiger partial charge on any atom is 0.263 e. The average Bonchev–Trinajstić information content (AvgIpc) is 3.57. The van der Waals surface area contributed by atoms with Crippen LogP contribution in [0.5, 0.6) is 11.5 Å². The molecule has 0 radical (unpaired) electrons. The van der Waals surface area contributed by atoms with Gasteiger partial charge in [-0.3, -0.25) is 19.3 Å². The Morgan fingerprint density at radius 2 is 1.59 bits per heavy atom. The van der Waals surface area contributed by atoms with Crippen molar-refractivity contribution in [2.45, 2.75) is 63.8 Å². The highest BCUT2D eigenvalue weighted by molar-refractivity contribution is 6.11. The van der Waals surface area contributed by atoms with E-state index in [1.807, 2.05) is 72.8 Å². The van der Waals surface area contributed by atoms with Crippen LogP contribution in [0.4, 0.5) is 0 Å². The van der Waals surface area contributed by atoms with Crippen molar-refractivity contribution in [3.05, 3.63) is 101 Å². The molecule has 0 bridgehead atoms. The predicted molar refractivity (Wildman–Crippen MR) is 178 cm³/mol. The Morgan fingerprint density at radius 3 is 2.20 bits per heavy atom. The molecule has 1 aliphatic carbocycles. The molecule has 8 heteroatoms. The first-order valence-electron chi connectivity index (χ1n) is 16.0. The van der Waals surface area contributed by atoms with E-state index in [2.05, 4.69) is 19.9 Å². The largest absolute Gasteiger partial charge is 0.497 e. The Labute approximate surface area is 270 Å². The maximum atomic E-state index is 14.2. The van der Waals surface area contributed by atoms with Gasteiger partial charge in [0, 0.05) is 12.3 Å². The van der Waals surface area contributed by atoms with E-state index >= 15 is 0 Å². The molecule has 3 amide bonds. The molecule has 238 valence electrons. The lowest BCUT2D eigenvalue weighted by Gasteiger charge is -2.30. The number of carbonyl (C=O) groups excluding carboxylic acids is 3. The monoisotopic (exact) mass is 619 g/mol. The van der Waals surface area contributed by atoms with Crippen molar-refractivity contribution in [1.82, 2.24) is 9.91 Å². The zero-order valence-corrected chi connectivity index (χ0v) is 27.2. The molecule has 2 fully saturated rings. The Balaban J connectivity index is 1.31. The van der Waals surface area contributed by atoms with Gasteiger partial charge < -0.3 is 9.47 Å². The molecule has 3 aliphatic rings. The molecule has 8 nitrogen and oxygen atoms in total. The first kappa shape index (κ1) is 31.3. The lowest BCUT2D eigenvalue weighted by molar-refractivity contribution is -0.147. The Hall–Kier alpha value is -4.72. The van der Waals surface area contributed by atoms with E-state index in [4.69, 9.17) is 14.6 Å². The maximum absolute atomic E-state index is 14.2. The van der Waals surface area contributed by atoms with Crippen molar-refractivity contribution < 1.29 is 23.9 Å². The smallest absolute Gasteiger partial charge is 0.263 e. The second-order valence-corrected chi connectivity index (χ2v) is 13.0. The summed E-state index contributed by atoms with van der Waals surface area (Å²) in [7, 11) is 3.26. The van der Waals surface area contributed by atoms with Gasteiger partial charge in [-0.15, -0.1) is 0 Å². The summed E-state index contributed by atoms with van der Waals surface area (Å²) in [6.07, 6.45) is 4.82. The number of methoxy groups -OCH3 is 2. The molecule has 1 saturated carbocycles. The fourth-order valence-corrected chi connectivity index (χ4v) is 6.96. The van der Waals surface area contributed by atoms with Crippen molar-refractivity contribution in [1.29, 1.82) is 0 Å². The number of hydrogen-bond acceptors (Lipinski definition) is 6. The fraction of sp³-hybridized carbons (Fsp3) is 0.368. The SMILES string of the molecule is COc1ccc(/C=C2/CCCC3C2=NN(C(=O)CN2C(=O)CC(C)(c4ccc(C(C)C)cc4)C2=O)C3c2ccc(OC)cc2)cc1. The topological polar surface area (TPSA) is 88.5 Å². The summed E-state index contributed by atoms with van der Waals surface area (Å²) in [6, 6.07) is 23.1. The van der Waals surface area contributed by atoms with E-state index < -0.39 is 5.41 Å². The average molecular weight is 620 g/mol. The van der Waals surface area contributed by atoms with Gasteiger partial charge in [0.05, 0.1) is 31.4 Å². The highest BCUT2D eigenvalue weighted by atomic mass is 16.5. The minimum atomic E-state index is -1.03. The standard InChI is InChI=1S/C38H41N3O5/c1-24(2)26-11-15-29(16-12-26)38(3)22-33(42)40(37(38)44)23-34(43)41-36(27-13-19-31(46-5)20-14-27)32-8-6-7-28(35(32)39-41)21-25-9-17-30(45-4)18-10-25/h9-21,24,32,36H,6-8,22-23H2,1-5H3/b28-21-. The number of benzene rings is 3. The number of hydrazone groups is 1. The van der Waals surface area contributed by atoms with E-state index in [-0.39, 0.29) is 42.6 Å². The number of fused-ring (bicyclic) bond motifs is 1. The summed E-state index contributed by atoms with van der Waals surface area (Å²) < 4.78 is 10.7. The highest BCUT2D eigenvalue weighted by Crippen LogP contribution is 2.45. The van der Waals surface area contributed by atoms with Gasteiger partial charge in [0.2, 0.25) is 11.8 Å². The molecule has 3 atom stereocenters. The molecule has 6 rings (SSSR count). The summed E-state index contributed by atoms with van der Waals surface area (Å²) in [5.41, 5.74) is 4.84. The lowest BCUT2D eigenvalue weighted by atomic mass is 9.77. The van der Waals surface area contributed by atoms with Gasteiger partial charge in [-0.1, -0.05) is 62.4 Å². The summed E-state index contributed by atoms with van der Waals surface area (Å²) in [5.74, 6) is 0.754. The van der Waals surface area contributed by atoms with Crippen LogP contribution < -0.4 is 9.47 Å². The van der Waals surface area contributed by atoms with Crippen LogP contribution in [0.25, 0.3) is 6.08 Å². The van der Waals surface area contributed by atoms with Crippen LogP contribution in [0.1, 0.15) is 80.7 Å². The number of hydrogen-bond donors (Lipinski definition) is 0. The number of carbonyl (C=O) groups is 3. The third kappa shape index (κ3) is 5.72. The van der Waals surface area contributed by atoms with E-state index in [1.165, 1.54) is 5.01 Å². The number of nitrogens with zero attached hydrogens (tertiary/aromatic N) is 3. The molecule has 3 unspecified atom stereocenters. The van der Waals surface area contributed by atoms with Gasteiger partial charge in [-0.05, 0) is 90.3 Å². The molecule has 46 heavy (non-hydrogen) atoms. The van der Waals surface area contributed by atoms with Gasteiger partial charge in [0.25, 0.3) is 5.91 Å². The van der Waals surface area contributed by atoms with Gasteiger partial charge in [-0.25, -0.2) is 5.01 Å². The quantitative estimate of drug-likeness (QED) is 0.263. The van der Waals surface area contributed by atoms with Gasteiger partial charge in [-0.2, -0.15) is 5.10 Å². The fourth-order valence-electron chi connectivity index (χ4n) is 6.96. The van der Waals surface area contributed by atoms with Crippen LogP contribution in [0.2, 0.25) is 0 Å². The van der Waals surface area contributed by atoms with E-state index in [1.54, 1.807) is 21.1 Å². The van der Waals surface area contributed by atoms with Crippen LogP contribution in [-0.4, -0.2) is 54.1 Å². The zero-order valence-electron chi connectivity index (χ0n) is 27.2. The molecule has 3 aromatic carbocycles. The summed E-state index contributed by atoms with van der Waals surface area (Å²) >= 11 is 0. The van der Waals surface area contributed by atoms with Crippen molar-refractivity contribution in [2.24, 2.45) is 11.0 Å². The number of rotatable bonds is 8. The van der Waals surface area contributed by atoms with E-state index in [0.717, 1.165) is 69.2 Å². The molecular formula is C38H41N3O5. The minimum Gasteiger partial charge on any atom is -0.497 e. The van der Waals surface area contributed by atoms with Crippen molar-refractivity contribution in [3.63, 3.8) is 0 Å². The predicted octanol–water partition coefficient (Wildman–Crippen LogP) is 6.67. The number of likely N-dealkylation sites (tertiary alicyclic amines) is 1. The summed E-state index contributed by atoms with van der Waals surface area (Å²) in [4.78, 5) is 42.5. The van der Waals surface area contributed by atoms with Crippen LogP contribution in [0, 0.1) is 5.92 Å². The molecule has 3 aromatic rings. The highest BCUT2D eigenvalue weighted by Gasteiger charge is 2.51. The van der Waals surface area contributed by atoms with Crippen LogP contribution in [0.15, 0.2) is 83.5 Å². The third-order valence-electron chi connectivity index (χ3n) is 9.70. The van der Waals surface area contributed by atoms with Crippen LogP contribution >= 0.6 is 0 Å². The van der Waals surface area contributed by atoms with Gasteiger partial charge in [0.1, 0.15) is 18.0 Å². The summed E-state index contributed by atoms with van der Waals surface area (Å²) in [6.45, 7) is 5.67. The molecule has 2 heterocycles. The van der Waals surface area contributed by atoms with Crippen molar-refractivity contribution in [2.75, 3.05) is 20.8 Å². The van der Waals surface area contributed by atoms with Gasteiger partial charge >= 0.3 is 0 Å². The second kappa shape index (κ2) is 12.6. The normalized spacial score (nSPS) is 23.6. The molecule has 1 saturated heterocycles.